The van der Waals surface area contributed by atoms with Gasteiger partial charge in [-0.2, -0.15) is 9.97 Å². The van der Waals surface area contributed by atoms with Gasteiger partial charge in [-0.1, -0.05) is 13.8 Å². The minimum absolute atomic E-state index is 0.470. The minimum Gasteiger partial charge on any atom is -0.481 e. The lowest BCUT2D eigenvalue weighted by Crippen LogP contribution is -2.28. The van der Waals surface area contributed by atoms with E-state index < -0.39 is 0 Å². The van der Waals surface area contributed by atoms with Crippen molar-refractivity contribution in [3.05, 3.63) is 6.07 Å². The first kappa shape index (κ1) is 13.5. The van der Waals surface area contributed by atoms with Gasteiger partial charge in [0.2, 0.25) is 17.7 Å². The summed E-state index contributed by atoms with van der Waals surface area (Å²) in [6, 6.07) is 2.11. The Labute approximate surface area is 102 Å². The number of anilines is 1. The van der Waals surface area contributed by atoms with E-state index in [0.29, 0.717) is 23.8 Å². The van der Waals surface area contributed by atoms with Crippen LogP contribution in [-0.2, 0) is 0 Å². The number of hydrogen-bond acceptors (Lipinski definition) is 6. The molecule has 0 aliphatic carbocycles. The second-order valence-electron chi connectivity index (χ2n) is 3.81. The predicted molar refractivity (Wildman–Crippen MR) is 66.8 cm³/mol. The van der Waals surface area contributed by atoms with Gasteiger partial charge in [0.15, 0.2) is 0 Å². The van der Waals surface area contributed by atoms with Crippen LogP contribution in [0.1, 0.15) is 13.8 Å². The minimum atomic E-state index is 0.470. The molecule has 0 radical (unpaired) electrons. The number of methoxy groups -OCH3 is 2. The van der Waals surface area contributed by atoms with Gasteiger partial charge < -0.3 is 20.1 Å². The fourth-order valence-electron chi connectivity index (χ4n) is 1.23. The molecule has 1 heterocycles. The molecule has 0 aromatic carbocycles. The first-order valence-electron chi connectivity index (χ1n) is 5.60. The summed E-state index contributed by atoms with van der Waals surface area (Å²) >= 11 is 0. The number of rotatable bonds is 7. The second-order valence-corrected chi connectivity index (χ2v) is 3.81. The average molecular weight is 240 g/mol. The van der Waals surface area contributed by atoms with Crippen molar-refractivity contribution in [1.82, 2.24) is 15.3 Å². The summed E-state index contributed by atoms with van der Waals surface area (Å²) in [5, 5.41) is 6.40. The Morgan fingerprint density at radius 3 is 2.18 bits per heavy atom. The van der Waals surface area contributed by atoms with Crippen LogP contribution in [0, 0.1) is 0 Å². The SMILES string of the molecule is COc1cc(OC)nc(NCCNC(C)C)n1. The van der Waals surface area contributed by atoms with Crippen molar-refractivity contribution in [1.29, 1.82) is 0 Å². The molecule has 0 saturated carbocycles. The Balaban J connectivity index is 2.51. The Morgan fingerprint density at radius 2 is 1.71 bits per heavy atom. The van der Waals surface area contributed by atoms with Crippen LogP contribution in [0.4, 0.5) is 5.95 Å². The van der Waals surface area contributed by atoms with Crippen LogP contribution in [0.2, 0.25) is 0 Å². The number of ether oxygens (including phenoxy) is 2. The topological polar surface area (TPSA) is 68.3 Å². The van der Waals surface area contributed by atoms with Crippen LogP contribution in [0.25, 0.3) is 0 Å². The maximum absolute atomic E-state index is 5.06. The molecule has 1 aromatic heterocycles. The third-order valence-electron chi connectivity index (χ3n) is 2.06. The van der Waals surface area contributed by atoms with Crippen molar-refractivity contribution in [2.24, 2.45) is 0 Å². The molecule has 96 valence electrons. The summed E-state index contributed by atoms with van der Waals surface area (Å²) in [6.45, 7) is 5.80. The zero-order chi connectivity index (χ0) is 12.7. The first-order chi connectivity index (χ1) is 8.15. The molecule has 1 rings (SSSR count). The summed E-state index contributed by atoms with van der Waals surface area (Å²) < 4.78 is 10.1. The van der Waals surface area contributed by atoms with Crippen LogP contribution in [0.3, 0.4) is 0 Å². The lowest BCUT2D eigenvalue weighted by Gasteiger charge is -2.10. The fourth-order valence-corrected chi connectivity index (χ4v) is 1.23. The molecule has 0 bridgehead atoms. The van der Waals surface area contributed by atoms with Crippen LogP contribution in [0.15, 0.2) is 6.07 Å². The van der Waals surface area contributed by atoms with Gasteiger partial charge in [-0.3, -0.25) is 0 Å². The van der Waals surface area contributed by atoms with Crippen molar-refractivity contribution in [3.8, 4) is 11.8 Å². The largest absolute Gasteiger partial charge is 0.481 e. The van der Waals surface area contributed by atoms with Crippen molar-refractivity contribution >= 4 is 5.95 Å². The quantitative estimate of drug-likeness (QED) is 0.690. The highest BCUT2D eigenvalue weighted by atomic mass is 16.5. The van der Waals surface area contributed by atoms with Crippen molar-refractivity contribution in [2.45, 2.75) is 19.9 Å². The molecule has 0 fully saturated rings. The van der Waals surface area contributed by atoms with Gasteiger partial charge in [0, 0.05) is 19.1 Å². The van der Waals surface area contributed by atoms with E-state index in [2.05, 4.69) is 34.4 Å². The molecule has 0 unspecified atom stereocenters. The molecule has 6 nitrogen and oxygen atoms in total. The summed E-state index contributed by atoms with van der Waals surface area (Å²) in [6.07, 6.45) is 0. The normalized spacial score (nSPS) is 10.4. The lowest BCUT2D eigenvalue weighted by atomic mass is 10.4. The Morgan fingerprint density at radius 1 is 1.12 bits per heavy atom. The summed E-state index contributed by atoms with van der Waals surface area (Å²) in [5.41, 5.74) is 0. The molecule has 17 heavy (non-hydrogen) atoms. The van der Waals surface area contributed by atoms with E-state index in [1.807, 2.05) is 0 Å². The molecule has 6 heteroatoms. The maximum Gasteiger partial charge on any atom is 0.229 e. The van der Waals surface area contributed by atoms with E-state index in [4.69, 9.17) is 9.47 Å². The van der Waals surface area contributed by atoms with E-state index in [1.165, 1.54) is 0 Å². The molecule has 0 amide bonds. The molecule has 0 spiro atoms. The van der Waals surface area contributed by atoms with Crippen LogP contribution in [-0.4, -0.2) is 43.3 Å². The molecular weight excluding hydrogens is 220 g/mol. The van der Waals surface area contributed by atoms with E-state index in [0.717, 1.165) is 13.1 Å². The van der Waals surface area contributed by atoms with Gasteiger partial charge in [-0.15, -0.1) is 0 Å². The highest BCUT2D eigenvalue weighted by Crippen LogP contribution is 2.16. The molecule has 0 saturated heterocycles. The number of nitrogens with zero attached hydrogens (tertiary/aromatic N) is 2. The summed E-state index contributed by atoms with van der Waals surface area (Å²) in [5.74, 6) is 1.47. The molecule has 0 aliphatic heterocycles. The maximum atomic E-state index is 5.06. The van der Waals surface area contributed by atoms with E-state index in [-0.39, 0.29) is 0 Å². The Kier molecular flexibility index (Phi) is 5.48. The van der Waals surface area contributed by atoms with Gasteiger partial charge >= 0.3 is 0 Å². The van der Waals surface area contributed by atoms with Crippen LogP contribution >= 0.6 is 0 Å². The predicted octanol–water partition coefficient (Wildman–Crippen LogP) is 0.904. The Bertz CT molecular complexity index is 322. The third kappa shape index (κ3) is 4.86. The van der Waals surface area contributed by atoms with Gasteiger partial charge in [0.05, 0.1) is 20.3 Å². The van der Waals surface area contributed by atoms with Gasteiger partial charge in [0.1, 0.15) is 0 Å². The highest BCUT2D eigenvalue weighted by Gasteiger charge is 2.04. The number of nitrogens with one attached hydrogen (secondary N) is 2. The Hall–Kier alpha value is -1.56. The van der Waals surface area contributed by atoms with E-state index >= 15 is 0 Å². The van der Waals surface area contributed by atoms with Gasteiger partial charge in [-0.25, -0.2) is 0 Å². The molecule has 1 aromatic rings. The van der Waals surface area contributed by atoms with Gasteiger partial charge in [0.25, 0.3) is 0 Å². The van der Waals surface area contributed by atoms with Crippen LogP contribution in [0.5, 0.6) is 11.8 Å². The lowest BCUT2D eigenvalue weighted by molar-refractivity contribution is 0.373. The monoisotopic (exact) mass is 240 g/mol. The van der Waals surface area contributed by atoms with Gasteiger partial charge in [-0.05, 0) is 0 Å². The van der Waals surface area contributed by atoms with Crippen molar-refractivity contribution in [2.75, 3.05) is 32.6 Å². The summed E-state index contributed by atoms with van der Waals surface area (Å²) in [4.78, 5) is 8.33. The van der Waals surface area contributed by atoms with Crippen molar-refractivity contribution < 1.29 is 9.47 Å². The zero-order valence-electron chi connectivity index (χ0n) is 10.8. The van der Waals surface area contributed by atoms with Crippen LogP contribution < -0.4 is 20.1 Å². The average Bonchev–Trinajstić information content (AvgIpc) is 2.34. The number of hydrogen-bond donors (Lipinski definition) is 2. The van der Waals surface area contributed by atoms with E-state index in [1.54, 1.807) is 20.3 Å². The molecule has 0 aliphatic rings. The third-order valence-corrected chi connectivity index (χ3v) is 2.06. The highest BCUT2D eigenvalue weighted by molar-refractivity contribution is 5.33. The summed E-state index contributed by atoms with van der Waals surface area (Å²) in [7, 11) is 3.12. The van der Waals surface area contributed by atoms with E-state index in [9.17, 15) is 0 Å². The number of aromatic nitrogens is 2. The standard InChI is InChI=1S/C11H20N4O2/c1-8(2)12-5-6-13-11-14-9(16-3)7-10(15-11)17-4/h7-8,12H,5-6H2,1-4H3,(H,13,14,15). The molecule has 2 N–H and O–H groups in total. The molecule has 0 atom stereocenters. The fraction of sp³-hybridized carbons (Fsp3) is 0.636. The zero-order valence-corrected chi connectivity index (χ0v) is 10.8. The smallest absolute Gasteiger partial charge is 0.229 e. The second kappa shape index (κ2) is 6.90. The first-order valence-corrected chi connectivity index (χ1v) is 5.60. The van der Waals surface area contributed by atoms with Crippen molar-refractivity contribution in [3.63, 3.8) is 0 Å². The molecular formula is C11H20N4O2.